The van der Waals surface area contributed by atoms with Gasteiger partial charge in [-0.1, -0.05) is 0 Å². The number of rotatable bonds is 6. The first-order valence-electron chi connectivity index (χ1n) is 9.32. The van der Waals surface area contributed by atoms with Crippen LogP contribution in [0.25, 0.3) is 0 Å². The first kappa shape index (κ1) is 20.1. The van der Waals surface area contributed by atoms with Crippen LogP contribution >= 0.6 is 0 Å². The van der Waals surface area contributed by atoms with E-state index in [2.05, 4.69) is 4.90 Å². The van der Waals surface area contributed by atoms with Crippen molar-refractivity contribution in [2.45, 2.75) is 27.7 Å². The summed E-state index contributed by atoms with van der Waals surface area (Å²) in [7, 11) is 1.65. The Morgan fingerprint density at radius 1 is 1.04 bits per heavy atom. The average Bonchev–Trinajstić information content (AvgIpc) is 2.68. The van der Waals surface area contributed by atoms with Crippen LogP contribution in [0, 0.1) is 5.41 Å². The van der Waals surface area contributed by atoms with E-state index in [0.717, 1.165) is 24.5 Å². The van der Waals surface area contributed by atoms with Crippen LogP contribution < -0.4 is 9.64 Å². The van der Waals surface area contributed by atoms with Crippen molar-refractivity contribution in [2.75, 3.05) is 51.3 Å². The number of ether oxygens (including phenoxy) is 1. The quantitative estimate of drug-likeness (QED) is 0.729. The minimum atomic E-state index is -1.02. The molecule has 1 heterocycles. The number of carbonyl (C=O) groups excluding carboxylic acids is 2. The summed E-state index contributed by atoms with van der Waals surface area (Å²) in [6.45, 7) is 11.4. The highest BCUT2D eigenvalue weighted by Crippen LogP contribution is 2.25. The van der Waals surface area contributed by atoms with Gasteiger partial charge in [-0.05, 0) is 52.0 Å². The van der Waals surface area contributed by atoms with Crippen LogP contribution in [-0.2, 0) is 9.59 Å². The van der Waals surface area contributed by atoms with Gasteiger partial charge in [-0.2, -0.15) is 0 Å². The summed E-state index contributed by atoms with van der Waals surface area (Å²) in [6, 6.07) is 7.95. The molecule has 0 spiro atoms. The van der Waals surface area contributed by atoms with Gasteiger partial charge in [-0.15, -0.1) is 0 Å². The standard InChI is InChI=1S/C20H31N3O3/c1-6-21(7-2)18(24)20(3,4)19(25)23-14-12-22(13-15-23)16-8-10-17(26-5)11-9-16/h8-11H,6-7,12-15H2,1-5H3. The van der Waals surface area contributed by atoms with Gasteiger partial charge >= 0.3 is 0 Å². The lowest BCUT2D eigenvalue weighted by Gasteiger charge is -2.40. The van der Waals surface area contributed by atoms with Crippen molar-refractivity contribution in [3.8, 4) is 5.75 Å². The predicted molar refractivity (Wildman–Crippen MR) is 103 cm³/mol. The summed E-state index contributed by atoms with van der Waals surface area (Å²) in [4.78, 5) is 31.5. The maximum Gasteiger partial charge on any atom is 0.237 e. The average molecular weight is 361 g/mol. The molecule has 0 unspecified atom stereocenters. The van der Waals surface area contributed by atoms with Crippen molar-refractivity contribution in [2.24, 2.45) is 5.41 Å². The number of benzene rings is 1. The second kappa shape index (κ2) is 8.43. The van der Waals surface area contributed by atoms with Crippen LogP contribution in [0.1, 0.15) is 27.7 Å². The summed E-state index contributed by atoms with van der Waals surface area (Å²) in [5.41, 5.74) is 0.102. The number of hydrogen-bond acceptors (Lipinski definition) is 4. The highest BCUT2D eigenvalue weighted by molar-refractivity contribution is 6.04. The highest BCUT2D eigenvalue weighted by Gasteiger charge is 2.41. The lowest BCUT2D eigenvalue weighted by atomic mass is 9.89. The van der Waals surface area contributed by atoms with Crippen LogP contribution in [0.5, 0.6) is 5.75 Å². The number of carbonyl (C=O) groups is 2. The molecule has 0 radical (unpaired) electrons. The summed E-state index contributed by atoms with van der Waals surface area (Å²) >= 11 is 0. The van der Waals surface area contributed by atoms with E-state index in [-0.39, 0.29) is 11.8 Å². The van der Waals surface area contributed by atoms with E-state index in [1.54, 1.807) is 25.9 Å². The van der Waals surface area contributed by atoms with Crippen LogP contribution in [0.3, 0.4) is 0 Å². The van der Waals surface area contributed by atoms with Crippen LogP contribution in [0.2, 0.25) is 0 Å². The number of methoxy groups -OCH3 is 1. The summed E-state index contributed by atoms with van der Waals surface area (Å²) < 4.78 is 5.20. The van der Waals surface area contributed by atoms with E-state index >= 15 is 0 Å². The molecule has 1 aromatic carbocycles. The zero-order valence-electron chi connectivity index (χ0n) is 16.6. The van der Waals surface area contributed by atoms with Gasteiger partial charge in [0, 0.05) is 45.0 Å². The Balaban J connectivity index is 1.99. The zero-order valence-corrected chi connectivity index (χ0v) is 16.6. The third-order valence-corrected chi connectivity index (χ3v) is 5.12. The van der Waals surface area contributed by atoms with Crippen molar-refractivity contribution in [1.82, 2.24) is 9.80 Å². The molecule has 0 saturated carbocycles. The first-order chi connectivity index (χ1) is 12.3. The van der Waals surface area contributed by atoms with Gasteiger partial charge in [-0.3, -0.25) is 9.59 Å². The molecule has 0 N–H and O–H groups in total. The molecule has 144 valence electrons. The first-order valence-corrected chi connectivity index (χ1v) is 9.32. The number of nitrogens with zero attached hydrogens (tertiary/aromatic N) is 3. The molecule has 1 saturated heterocycles. The molecular weight excluding hydrogens is 330 g/mol. The van der Waals surface area contributed by atoms with Gasteiger partial charge in [0.1, 0.15) is 11.2 Å². The normalized spacial score (nSPS) is 15.0. The van der Waals surface area contributed by atoms with Crippen molar-refractivity contribution < 1.29 is 14.3 Å². The van der Waals surface area contributed by atoms with Crippen LogP contribution in [0.15, 0.2) is 24.3 Å². The Kier molecular flexibility index (Phi) is 6.51. The van der Waals surface area contributed by atoms with Crippen molar-refractivity contribution in [3.63, 3.8) is 0 Å². The molecule has 2 rings (SSSR count). The summed E-state index contributed by atoms with van der Waals surface area (Å²) in [5, 5.41) is 0. The predicted octanol–water partition coefficient (Wildman–Crippen LogP) is 2.24. The maximum atomic E-state index is 13.0. The monoisotopic (exact) mass is 361 g/mol. The fraction of sp³-hybridized carbons (Fsp3) is 0.600. The molecule has 26 heavy (non-hydrogen) atoms. The third-order valence-electron chi connectivity index (χ3n) is 5.12. The molecule has 6 nitrogen and oxygen atoms in total. The second-order valence-corrected chi connectivity index (χ2v) is 7.08. The fourth-order valence-electron chi connectivity index (χ4n) is 3.35. The Morgan fingerprint density at radius 3 is 2.04 bits per heavy atom. The van der Waals surface area contributed by atoms with Crippen molar-refractivity contribution in [1.29, 1.82) is 0 Å². The molecule has 1 aromatic rings. The van der Waals surface area contributed by atoms with Gasteiger partial charge < -0.3 is 19.4 Å². The molecule has 0 aromatic heterocycles. The second-order valence-electron chi connectivity index (χ2n) is 7.08. The molecule has 0 bridgehead atoms. The molecule has 0 aliphatic carbocycles. The molecule has 1 fully saturated rings. The van der Waals surface area contributed by atoms with Crippen LogP contribution in [-0.4, -0.2) is 68.0 Å². The highest BCUT2D eigenvalue weighted by atomic mass is 16.5. The number of amides is 2. The molecule has 1 aliphatic rings. The number of anilines is 1. The Morgan fingerprint density at radius 2 is 1.58 bits per heavy atom. The van der Waals surface area contributed by atoms with Crippen molar-refractivity contribution >= 4 is 17.5 Å². The largest absolute Gasteiger partial charge is 0.497 e. The van der Waals surface area contributed by atoms with E-state index in [0.29, 0.717) is 26.2 Å². The minimum Gasteiger partial charge on any atom is -0.497 e. The lowest BCUT2D eigenvalue weighted by molar-refractivity contribution is -0.154. The van der Waals surface area contributed by atoms with E-state index in [9.17, 15) is 9.59 Å². The van der Waals surface area contributed by atoms with Gasteiger partial charge in [0.05, 0.1) is 7.11 Å². The Labute approximate surface area is 156 Å². The maximum absolute atomic E-state index is 13.0. The van der Waals surface area contributed by atoms with Gasteiger partial charge in [0.25, 0.3) is 0 Å². The minimum absolute atomic E-state index is 0.0798. The smallest absolute Gasteiger partial charge is 0.237 e. The number of piperazine rings is 1. The Bertz CT molecular complexity index is 616. The van der Waals surface area contributed by atoms with Crippen LogP contribution in [0.4, 0.5) is 5.69 Å². The molecular formula is C20H31N3O3. The van der Waals surface area contributed by atoms with E-state index in [4.69, 9.17) is 4.74 Å². The molecule has 2 amide bonds. The fourth-order valence-corrected chi connectivity index (χ4v) is 3.35. The topological polar surface area (TPSA) is 53.1 Å². The van der Waals surface area contributed by atoms with Gasteiger partial charge in [0.2, 0.25) is 11.8 Å². The summed E-state index contributed by atoms with van der Waals surface area (Å²) in [5.74, 6) is 0.660. The van der Waals surface area contributed by atoms with E-state index < -0.39 is 5.41 Å². The molecule has 6 heteroatoms. The Hall–Kier alpha value is -2.24. The van der Waals surface area contributed by atoms with Gasteiger partial charge in [0.15, 0.2) is 0 Å². The van der Waals surface area contributed by atoms with E-state index in [1.807, 2.05) is 43.0 Å². The van der Waals surface area contributed by atoms with E-state index in [1.165, 1.54) is 0 Å². The lowest BCUT2D eigenvalue weighted by Crippen LogP contribution is -2.56. The third kappa shape index (κ3) is 4.11. The molecule has 1 aliphatic heterocycles. The molecule has 0 atom stereocenters. The van der Waals surface area contributed by atoms with Crippen molar-refractivity contribution in [3.05, 3.63) is 24.3 Å². The SMILES string of the molecule is CCN(CC)C(=O)C(C)(C)C(=O)N1CCN(c2ccc(OC)cc2)CC1. The number of hydrogen-bond donors (Lipinski definition) is 0. The zero-order chi connectivity index (χ0) is 19.3. The van der Waals surface area contributed by atoms with Gasteiger partial charge in [-0.25, -0.2) is 0 Å². The summed E-state index contributed by atoms with van der Waals surface area (Å²) in [6.07, 6.45) is 0.